The lowest BCUT2D eigenvalue weighted by atomic mass is 10.1. The van der Waals surface area contributed by atoms with Crippen LogP contribution in [0, 0.1) is 0 Å². The highest BCUT2D eigenvalue weighted by Crippen LogP contribution is 2.26. The molecule has 3 rings (SSSR count). The average Bonchev–Trinajstić information content (AvgIpc) is 3.14. The Bertz CT molecular complexity index is 885. The molecule has 1 atom stereocenters. The first-order valence-electron chi connectivity index (χ1n) is 8.07. The van der Waals surface area contributed by atoms with Gasteiger partial charge in [-0.2, -0.15) is 0 Å². The van der Waals surface area contributed by atoms with E-state index in [-0.39, 0.29) is 17.7 Å². The lowest BCUT2D eigenvalue weighted by molar-refractivity contribution is -0.128. The SMILES string of the molecule is CC(c1ccccc1)N(C)C(=O)CSc1nnc(-c2cccc(Cl)c2)o1. The summed E-state index contributed by atoms with van der Waals surface area (Å²) in [5.41, 5.74) is 1.84. The number of rotatable bonds is 6. The van der Waals surface area contributed by atoms with E-state index in [1.165, 1.54) is 11.8 Å². The molecule has 2 aromatic carbocycles. The van der Waals surface area contributed by atoms with Crippen molar-refractivity contribution in [2.75, 3.05) is 12.8 Å². The van der Waals surface area contributed by atoms with Crippen molar-refractivity contribution in [3.63, 3.8) is 0 Å². The average molecular weight is 388 g/mol. The number of benzene rings is 2. The number of aromatic nitrogens is 2. The van der Waals surface area contributed by atoms with Gasteiger partial charge in [-0.05, 0) is 30.7 Å². The molecule has 0 saturated carbocycles. The van der Waals surface area contributed by atoms with Crippen LogP contribution >= 0.6 is 23.4 Å². The maximum Gasteiger partial charge on any atom is 0.277 e. The first-order valence-corrected chi connectivity index (χ1v) is 9.44. The van der Waals surface area contributed by atoms with Gasteiger partial charge in [0, 0.05) is 17.6 Å². The highest BCUT2D eigenvalue weighted by Gasteiger charge is 2.19. The maximum absolute atomic E-state index is 12.5. The number of thioether (sulfide) groups is 1. The second kappa shape index (κ2) is 8.38. The molecule has 1 unspecified atom stereocenters. The molecular weight excluding hydrogens is 370 g/mol. The third-order valence-electron chi connectivity index (χ3n) is 4.05. The molecule has 0 aliphatic carbocycles. The molecule has 0 fully saturated rings. The number of hydrogen-bond donors (Lipinski definition) is 0. The second-order valence-electron chi connectivity index (χ2n) is 5.76. The minimum atomic E-state index is -0.00569. The largest absolute Gasteiger partial charge is 0.411 e. The molecule has 0 aliphatic heterocycles. The van der Waals surface area contributed by atoms with Crippen LogP contribution in [-0.4, -0.2) is 33.8 Å². The van der Waals surface area contributed by atoms with Crippen molar-refractivity contribution < 1.29 is 9.21 Å². The topological polar surface area (TPSA) is 59.2 Å². The molecule has 0 spiro atoms. The third kappa shape index (κ3) is 4.45. The van der Waals surface area contributed by atoms with E-state index in [9.17, 15) is 4.79 Å². The number of hydrogen-bond acceptors (Lipinski definition) is 5. The quantitative estimate of drug-likeness (QED) is 0.573. The lowest BCUT2D eigenvalue weighted by Crippen LogP contribution is -2.31. The predicted molar refractivity (Wildman–Crippen MR) is 103 cm³/mol. The predicted octanol–water partition coefficient (Wildman–Crippen LogP) is 4.70. The Morgan fingerprint density at radius 3 is 2.69 bits per heavy atom. The van der Waals surface area contributed by atoms with Crippen molar-refractivity contribution in [3.05, 3.63) is 65.2 Å². The summed E-state index contributed by atoms with van der Waals surface area (Å²) in [6, 6.07) is 17.1. The van der Waals surface area contributed by atoms with Gasteiger partial charge in [-0.3, -0.25) is 4.79 Å². The van der Waals surface area contributed by atoms with Crippen LogP contribution in [0.1, 0.15) is 18.5 Å². The van der Waals surface area contributed by atoms with Crippen LogP contribution in [0.3, 0.4) is 0 Å². The van der Waals surface area contributed by atoms with E-state index < -0.39 is 0 Å². The van der Waals surface area contributed by atoms with Gasteiger partial charge in [0.2, 0.25) is 11.8 Å². The van der Waals surface area contributed by atoms with Crippen LogP contribution in [0.2, 0.25) is 5.02 Å². The van der Waals surface area contributed by atoms with E-state index in [1.54, 1.807) is 24.1 Å². The Balaban J connectivity index is 1.59. The van der Waals surface area contributed by atoms with Crippen molar-refractivity contribution in [1.82, 2.24) is 15.1 Å². The molecule has 0 bridgehead atoms. The van der Waals surface area contributed by atoms with Crippen LogP contribution in [-0.2, 0) is 4.79 Å². The summed E-state index contributed by atoms with van der Waals surface area (Å²) in [6.07, 6.45) is 0. The highest BCUT2D eigenvalue weighted by molar-refractivity contribution is 7.99. The molecule has 0 saturated heterocycles. The molecule has 1 aromatic heterocycles. The third-order valence-corrected chi connectivity index (χ3v) is 5.09. The van der Waals surface area contributed by atoms with Gasteiger partial charge in [0.25, 0.3) is 5.22 Å². The van der Waals surface area contributed by atoms with Crippen LogP contribution in [0.4, 0.5) is 0 Å². The van der Waals surface area contributed by atoms with E-state index >= 15 is 0 Å². The molecule has 0 radical (unpaired) electrons. The van der Waals surface area contributed by atoms with Crippen LogP contribution in [0.5, 0.6) is 0 Å². The standard InChI is InChI=1S/C19H18ClN3O2S/c1-13(14-7-4-3-5-8-14)23(2)17(24)12-26-19-22-21-18(25-19)15-9-6-10-16(20)11-15/h3-11,13H,12H2,1-2H3. The van der Waals surface area contributed by atoms with E-state index in [1.807, 2.05) is 49.4 Å². The van der Waals surface area contributed by atoms with Gasteiger partial charge in [0.1, 0.15) is 0 Å². The number of halogens is 1. The van der Waals surface area contributed by atoms with Crippen molar-refractivity contribution in [2.45, 2.75) is 18.2 Å². The van der Waals surface area contributed by atoms with Crippen molar-refractivity contribution in [1.29, 1.82) is 0 Å². The molecule has 7 heteroatoms. The summed E-state index contributed by atoms with van der Waals surface area (Å²) in [6.45, 7) is 2.00. The lowest BCUT2D eigenvalue weighted by Gasteiger charge is -2.25. The van der Waals surface area contributed by atoms with Crippen LogP contribution in [0.15, 0.2) is 64.2 Å². The summed E-state index contributed by atoms with van der Waals surface area (Å²) in [5.74, 6) is 0.604. The molecular formula is C19H18ClN3O2S. The van der Waals surface area contributed by atoms with Crippen LogP contribution < -0.4 is 0 Å². The van der Waals surface area contributed by atoms with Gasteiger partial charge in [-0.1, -0.05) is 59.8 Å². The first kappa shape index (κ1) is 18.5. The molecule has 3 aromatic rings. The zero-order valence-corrected chi connectivity index (χ0v) is 16.0. The highest BCUT2D eigenvalue weighted by atomic mass is 35.5. The normalized spacial score (nSPS) is 12.0. The molecule has 26 heavy (non-hydrogen) atoms. The zero-order valence-electron chi connectivity index (χ0n) is 14.4. The molecule has 1 amide bonds. The van der Waals surface area contributed by atoms with Crippen molar-refractivity contribution in [2.24, 2.45) is 0 Å². The van der Waals surface area contributed by atoms with Gasteiger partial charge >= 0.3 is 0 Å². The Morgan fingerprint density at radius 2 is 1.96 bits per heavy atom. The van der Waals surface area contributed by atoms with Gasteiger partial charge < -0.3 is 9.32 Å². The fourth-order valence-electron chi connectivity index (χ4n) is 2.40. The van der Waals surface area contributed by atoms with Crippen molar-refractivity contribution in [3.8, 4) is 11.5 Å². The fourth-order valence-corrected chi connectivity index (χ4v) is 3.28. The molecule has 134 valence electrons. The number of amides is 1. The van der Waals surface area contributed by atoms with Gasteiger partial charge in [0.15, 0.2) is 0 Å². The van der Waals surface area contributed by atoms with Gasteiger partial charge in [-0.15, -0.1) is 10.2 Å². The fraction of sp³-hybridized carbons (Fsp3) is 0.211. The van der Waals surface area contributed by atoms with Gasteiger partial charge in [0.05, 0.1) is 11.8 Å². The first-order chi connectivity index (χ1) is 12.5. The summed E-state index contributed by atoms with van der Waals surface area (Å²) in [4.78, 5) is 14.2. The Morgan fingerprint density at radius 1 is 1.19 bits per heavy atom. The number of carbonyl (C=O) groups is 1. The summed E-state index contributed by atoms with van der Waals surface area (Å²) >= 11 is 7.20. The molecule has 0 aliphatic rings. The monoisotopic (exact) mass is 387 g/mol. The Hall–Kier alpha value is -2.31. The van der Waals surface area contributed by atoms with Crippen molar-refractivity contribution >= 4 is 29.3 Å². The summed E-state index contributed by atoms with van der Waals surface area (Å²) < 4.78 is 5.61. The zero-order chi connectivity index (χ0) is 18.5. The minimum Gasteiger partial charge on any atom is -0.411 e. The maximum atomic E-state index is 12.5. The smallest absolute Gasteiger partial charge is 0.277 e. The van der Waals surface area contributed by atoms with E-state index in [0.717, 1.165) is 11.1 Å². The van der Waals surface area contributed by atoms with E-state index in [4.69, 9.17) is 16.0 Å². The van der Waals surface area contributed by atoms with Crippen LogP contribution in [0.25, 0.3) is 11.5 Å². The second-order valence-corrected chi connectivity index (χ2v) is 7.13. The number of nitrogens with zero attached hydrogens (tertiary/aromatic N) is 3. The Labute approximate surface area is 161 Å². The van der Waals surface area contributed by atoms with Gasteiger partial charge in [-0.25, -0.2) is 0 Å². The van der Waals surface area contributed by atoms with E-state index in [0.29, 0.717) is 16.1 Å². The molecule has 1 heterocycles. The summed E-state index contributed by atoms with van der Waals surface area (Å²) in [7, 11) is 1.80. The number of carbonyl (C=O) groups excluding carboxylic acids is 1. The Kier molecular flexibility index (Phi) is 5.96. The molecule has 0 N–H and O–H groups in total. The molecule has 5 nitrogen and oxygen atoms in total. The summed E-state index contributed by atoms with van der Waals surface area (Å²) in [5, 5.41) is 8.96. The minimum absolute atomic E-state index is 0.00555. The van der Waals surface area contributed by atoms with E-state index in [2.05, 4.69) is 10.2 Å².